The third-order valence-electron chi connectivity index (χ3n) is 5.44. The fourth-order valence-corrected chi connectivity index (χ4v) is 3.88. The van der Waals surface area contributed by atoms with Crippen LogP contribution in [0.3, 0.4) is 0 Å². The van der Waals surface area contributed by atoms with Crippen molar-refractivity contribution in [3.63, 3.8) is 0 Å². The summed E-state index contributed by atoms with van der Waals surface area (Å²) in [4.78, 5) is 29.7. The van der Waals surface area contributed by atoms with E-state index in [0.717, 1.165) is 18.4 Å². The smallest absolute Gasteiger partial charge is 0.329 e. The minimum Gasteiger partial charge on any atom is -0.480 e. The predicted octanol–water partition coefficient (Wildman–Crippen LogP) is 3.25. The predicted molar refractivity (Wildman–Crippen MR) is 105 cm³/mol. The summed E-state index contributed by atoms with van der Waals surface area (Å²) >= 11 is 0. The summed E-state index contributed by atoms with van der Waals surface area (Å²) in [6.45, 7) is 2.58. The van der Waals surface area contributed by atoms with Gasteiger partial charge in [-0.2, -0.15) is 5.10 Å². The van der Waals surface area contributed by atoms with Crippen LogP contribution in [0.5, 0.6) is 0 Å². The van der Waals surface area contributed by atoms with E-state index >= 15 is 0 Å². The van der Waals surface area contributed by atoms with Gasteiger partial charge in [-0.15, -0.1) is 0 Å². The molecule has 28 heavy (non-hydrogen) atoms. The number of nitrogens with zero attached hydrogens (tertiary/aromatic N) is 3. The van der Waals surface area contributed by atoms with Gasteiger partial charge in [0.25, 0.3) is 5.91 Å². The van der Waals surface area contributed by atoms with Crippen LogP contribution in [0.15, 0.2) is 42.6 Å². The number of carboxylic acid groups (broad SMARTS) is 1. The number of aryl methyl sites for hydroxylation is 1. The zero-order valence-corrected chi connectivity index (χ0v) is 15.7. The molecule has 0 aliphatic heterocycles. The second kappa shape index (κ2) is 7.07. The molecule has 4 rings (SSSR count). The third kappa shape index (κ3) is 3.02. The summed E-state index contributed by atoms with van der Waals surface area (Å²) < 4.78 is 1.74. The molecule has 7 nitrogen and oxygen atoms in total. The van der Waals surface area contributed by atoms with Gasteiger partial charge in [0.15, 0.2) is 5.65 Å². The van der Waals surface area contributed by atoms with Gasteiger partial charge in [-0.1, -0.05) is 43.2 Å². The van der Waals surface area contributed by atoms with Crippen molar-refractivity contribution in [3.05, 3.63) is 48.2 Å². The van der Waals surface area contributed by atoms with E-state index in [0.29, 0.717) is 41.7 Å². The van der Waals surface area contributed by atoms with Crippen molar-refractivity contribution in [3.8, 4) is 11.3 Å². The molecule has 3 aromatic rings. The highest BCUT2D eigenvalue weighted by Crippen LogP contribution is 2.31. The molecular weight excluding hydrogens is 356 g/mol. The number of carboxylic acids is 1. The van der Waals surface area contributed by atoms with E-state index < -0.39 is 17.4 Å². The van der Waals surface area contributed by atoms with Gasteiger partial charge >= 0.3 is 5.97 Å². The number of amides is 1. The molecule has 0 unspecified atom stereocenters. The van der Waals surface area contributed by atoms with Crippen LogP contribution in [-0.2, 0) is 11.3 Å². The van der Waals surface area contributed by atoms with Crippen LogP contribution >= 0.6 is 0 Å². The Balaban J connectivity index is 1.82. The summed E-state index contributed by atoms with van der Waals surface area (Å²) in [6, 6.07) is 11.3. The molecule has 144 valence electrons. The average molecular weight is 378 g/mol. The van der Waals surface area contributed by atoms with Crippen LogP contribution in [0, 0.1) is 0 Å². The Labute approximate surface area is 162 Å². The first-order valence-electron chi connectivity index (χ1n) is 9.52. The van der Waals surface area contributed by atoms with Crippen molar-refractivity contribution in [1.29, 1.82) is 0 Å². The van der Waals surface area contributed by atoms with E-state index in [2.05, 4.69) is 10.4 Å². The van der Waals surface area contributed by atoms with Gasteiger partial charge in [-0.05, 0) is 25.8 Å². The number of aliphatic carboxylic acids is 1. The fourth-order valence-electron chi connectivity index (χ4n) is 3.88. The molecule has 1 aliphatic carbocycles. The largest absolute Gasteiger partial charge is 0.480 e. The lowest BCUT2D eigenvalue weighted by Gasteiger charge is -2.25. The fraction of sp³-hybridized carbons (Fsp3) is 0.333. The average Bonchev–Trinajstić information content (AvgIpc) is 3.35. The highest BCUT2D eigenvalue weighted by atomic mass is 16.4. The second-order valence-electron chi connectivity index (χ2n) is 7.17. The zero-order chi connectivity index (χ0) is 19.7. The number of carbonyl (C=O) groups excluding carboxylic acids is 1. The summed E-state index contributed by atoms with van der Waals surface area (Å²) in [6.07, 6.45) is 4.10. The second-order valence-corrected chi connectivity index (χ2v) is 7.17. The molecule has 0 saturated heterocycles. The molecule has 2 aromatic heterocycles. The maximum absolute atomic E-state index is 13.2. The van der Waals surface area contributed by atoms with Crippen molar-refractivity contribution in [2.75, 3.05) is 0 Å². The van der Waals surface area contributed by atoms with Gasteiger partial charge in [0, 0.05) is 12.1 Å². The first kappa shape index (κ1) is 18.2. The number of aromatic nitrogens is 3. The molecular formula is C21H22N4O3. The third-order valence-corrected chi connectivity index (χ3v) is 5.44. The molecule has 0 atom stereocenters. The van der Waals surface area contributed by atoms with Crippen molar-refractivity contribution in [2.45, 2.75) is 44.7 Å². The van der Waals surface area contributed by atoms with Crippen molar-refractivity contribution >= 4 is 22.9 Å². The highest BCUT2D eigenvalue weighted by molar-refractivity contribution is 6.08. The Kier molecular flexibility index (Phi) is 4.58. The SMILES string of the molecule is CCn1ncc2c(C(=O)NC3(C(=O)O)CCCC3)cc(-c3ccccc3)nc21. The summed E-state index contributed by atoms with van der Waals surface area (Å²) in [5.41, 5.74) is 1.36. The highest BCUT2D eigenvalue weighted by Gasteiger charge is 2.43. The summed E-state index contributed by atoms with van der Waals surface area (Å²) in [5.74, 6) is -1.37. The summed E-state index contributed by atoms with van der Waals surface area (Å²) in [5, 5.41) is 17.5. The van der Waals surface area contributed by atoms with Crippen LogP contribution < -0.4 is 5.32 Å². The van der Waals surface area contributed by atoms with Gasteiger partial charge in [0.1, 0.15) is 5.54 Å². The number of hydrogen-bond acceptors (Lipinski definition) is 4. The lowest BCUT2D eigenvalue weighted by atomic mass is 9.96. The van der Waals surface area contributed by atoms with Crippen LogP contribution in [0.25, 0.3) is 22.3 Å². The number of fused-ring (bicyclic) bond motifs is 1. The molecule has 7 heteroatoms. The Morgan fingerprint density at radius 1 is 1.21 bits per heavy atom. The van der Waals surface area contributed by atoms with E-state index in [9.17, 15) is 14.7 Å². The normalized spacial score (nSPS) is 15.6. The minimum atomic E-state index is -1.19. The molecule has 0 bridgehead atoms. The number of hydrogen-bond donors (Lipinski definition) is 2. The van der Waals surface area contributed by atoms with E-state index in [4.69, 9.17) is 4.98 Å². The Bertz CT molecular complexity index is 1040. The molecule has 1 amide bonds. The van der Waals surface area contributed by atoms with E-state index in [-0.39, 0.29) is 0 Å². The molecule has 1 aromatic carbocycles. The minimum absolute atomic E-state index is 0.399. The van der Waals surface area contributed by atoms with E-state index in [1.165, 1.54) is 0 Å². The molecule has 1 saturated carbocycles. The van der Waals surface area contributed by atoms with Crippen molar-refractivity contribution in [1.82, 2.24) is 20.1 Å². The number of benzene rings is 1. The molecule has 2 N–H and O–H groups in total. The molecule has 0 radical (unpaired) electrons. The monoisotopic (exact) mass is 378 g/mol. The topological polar surface area (TPSA) is 97.1 Å². The van der Waals surface area contributed by atoms with E-state index in [1.807, 2.05) is 37.3 Å². The first-order chi connectivity index (χ1) is 13.5. The van der Waals surface area contributed by atoms with Gasteiger partial charge < -0.3 is 10.4 Å². The number of nitrogens with one attached hydrogen (secondary N) is 1. The Morgan fingerprint density at radius 2 is 1.93 bits per heavy atom. The number of carbonyl (C=O) groups is 2. The van der Waals surface area contributed by atoms with Gasteiger partial charge in [0.05, 0.1) is 22.8 Å². The van der Waals surface area contributed by atoms with Crippen LogP contribution in [0.2, 0.25) is 0 Å². The molecule has 0 spiro atoms. The molecule has 1 fully saturated rings. The Morgan fingerprint density at radius 3 is 2.57 bits per heavy atom. The zero-order valence-electron chi connectivity index (χ0n) is 15.7. The summed E-state index contributed by atoms with van der Waals surface area (Å²) in [7, 11) is 0. The van der Waals surface area contributed by atoms with Gasteiger partial charge in [0.2, 0.25) is 0 Å². The maximum Gasteiger partial charge on any atom is 0.329 e. The van der Waals surface area contributed by atoms with Crippen molar-refractivity contribution < 1.29 is 14.7 Å². The van der Waals surface area contributed by atoms with Gasteiger partial charge in [-0.25, -0.2) is 14.5 Å². The maximum atomic E-state index is 13.2. The molecule has 1 aliphatic rings. The standard InChI is InChI=1S/C21H22N4O3/c1-2-25-18-16(13-22-25)15(12-17(23-18)14-8-4-3-5-9-14)19(26)24-21(20(27)28)10-6-7-11-21/h3-5,8-9,12-13H,2,6-7,10-11H2,1H3,(H,24,26)(H,27,28). The molecule has 2 heterocycles. The number of rotatable bonds is 5. The van der Waals surface area contributed by atoms with Gasteiger partial charge in [-0.3, -0.25) is 4.79 Å². The van der Waals surface area contributed by atoms with Crippen LogP contribution in [0.4, 0.5) is 0 Å². The van der Waals surface area contributed by atoms with Crippen LogP contribution in [-0.4, -0.2) is 37.3 Å². The van der Waals surface area contributed by atoms with E-state index in [1.54, 1.807) is 16.9 Å². The quantitative estimate of drug-likeness (QED) is 0.710. The lowest BCUT2D eigenvalue weighted by Crippen LogP contribution is -2.52. The lowest BCUT2D eigenvalue weighted by molar-refractivity contribution is -0.144. The first-order valence-corrected chi connectivity index (χ1v) is 9.52. The Hall–Kier alpha value is -3.22. The number of pyridine rings is 1. The van der Waals surface area contributed by atoms with Crippen molar-refractivity contribution in [2.24, 2.45) is 0 Å². The van der Waals surface area contributed by atoms with Crippen LogP contribution in [0.1, 0.15) is 43.0 Å².